The highest BCUT2D eigenvalue weighted by Gasteiger charge is 2.29. The molecule has 1 atom stereocenters. The Kier molecular flexibility index (Phi) is 6.68. The standard InChI is InChI=1S/C18H24N2O3S.ClH/c1-23-17-10-11-18(15-9-5-4-8-14(15)17)24(21,22)20-16(12-19)13-6-2-3-7-13;/h4-5,8-11,13,16,20H,2-3,6-7,12,19H2,1H3;1H. The SMILES string of the molecule is COc1ccc(S(=O)(=O)NC(CN)C2CCCC2)c2ccccc12.Cl. The summed E-state index contributed by atoms with van der Waals surface area (Å²) in [4.78, 5) is 0.273. The van der Waals surface area contributed by atoms with E-state index in [1.165, 1.54) is 0 Å². The second-order valence-electron chi connectivity index (χ2n) is 6.32. The highest BCUT2D eigenvalue weighted by Crippen LogP contribution is 2.32. The van der Waals surface area contributed by atoms with Crippen LogP contribution in [0.15, 0.2) is 41.3 Å². The molecule has 3 rings (SSSR count). The number of sulfonamides is 1. The summed E-state index contributed by atoms with van der Waals surface area (Å²) < 4.78 is 34.1. The van der Waals surface area contributed by atoms with Gasteiger partial charge in [-0.15, -0.1) is 12.4 Å². The quantitative estimate of drug-likeness (QED) is 0.801. The lowest BCUT2D eigenvalue weighted by Gasteiger charge is -2.23. The largest absolute Gasteiger partial charge is 0.496 e. The van der Waals surface area contributed by atoms with Gasteiger partial charge in [-0.25, -0.2) is 13.1 Å². The zero-order valence-corrected chi connectivity index (χ0v) is 15.9. The molecular formula is C18H25ClN2O3S. The van der Waals surface area contributed by atoms with Gasteiger partial charge in [-0.05, 0) is 30.9 Å². The molecule has 7 heteroatoms. The first-order chi connectivity index (χ1) is 11.6. The van der Waals surface area contributed by atoms with Crippen LogP contribution in [0, 0.1) is 5.92 Å². The summed E-state index contributed by atoms with van der Waals surface area (Å²) in [6.07, 6.45) is 4.37. The summed E-state index contributed by atoms with van der Waals surface area (Å²) in [6.45, 7) is 0.317. The number of hydrogen-bond acceptors (Lipinski definition) is 4. The van der Waals surface area contributed by atoms with Gasteiger partial charge in [0.1, 0.15) is 5.75 Å². The average Bonchev–Trinajstić information content (AvgIpc) is 3.13. The van der Waals surface area contributed by atoms with Crippen molar-refractivity contribution < 1.29 is 13.2 Å². The number of nitrogens with two attached hydrogens (primary N) is 1. The highest BCUT2D eigenvalue weighted by atomic mass is 35.5. The van der Waals surface area contributed by atoms with Gasteiger partial charge < -0.3 is 10.5 Å². The smallest absolute Gasteiger partial charge is 0.241 e. The van der Waals surface area contributed by atoms with E-state index in [9.17, 15) is 8.42 Å². The van der Waals surface area contributed by atoms with Crippen LogP contribution in [0.4, 0.5) is 0 Å². The summed E-state index contributed by atoms with van der Waals surface area (Å²) in [5, 5.41) is 1.44. The summed E-state index contributed by atoms with van der Waals surface area (Å²) in [5.41, 5.74) is 5.85. The van der Waals surface area contributed by atoms with Crippen molar-refractivity contribution in [3.63, 3.8) is 0 Å². The Morgan fingerprint density at radius 2 is 1.80 bits per heavy atom. The van der Waals surface area contributed by atoms with Crippen molar-refractivity contribution in [3.8, 4) is 5.75 Å². The molecule has 138 valence electrons. The lowest BCUT2D eigenvalue weighted by Crippen LogP contribution is -2.44. The predicted octanol–water partition coefficient (Wildman–Crippen LogP) is 3.07. The van der Waals surface area contributed by atoms with E-state index in [2.05, 4.69) is 4.72 Å². The van der Waals surface area contributed by atoms with Crippen LogP contribution in [-0.4, -0.2) is 28.1 Å². The molecule has 2 aromatic carbocycles. The molecule has 1 aliphatic rings. The molecule has 0 amide bonds. The topological polar surface area (TPSA) is 81.4 Å². The third kappa shape index (κ3) is 4.08. The zero-order chi connectivity index (χ0) is 17.2. The molecule has 3 N–H and O–H groups in total. The second kappa shape index (κ2) is 8.36. The summed E-state index contributed by atoms with van der Waals surface area (Å²) in [6, 6.07) is 10.5. The molecule has 1 aliphatic carbocycles. The molecule has 1 unspecified atom stereocenters. The third-order valence-electron chi connectivity index (χ3n) is 4.88. The Morgan fingerprint density at radius 3 is 2.40 bits per heavy atom. The fourth-order valence-corrected chi connectivity index (χ4v) is 5.14. The fraction of sp³-hybridized carbons (Fsp3) is 0.444. The first kappa shape index (κ1) is 20.0. The normalized spacial score (nSPS) is 16.6. The minimum absolute atomic E-state index is 0. The molecular weight excluding hydrogens is 360 g/mol. The predicted molar refractivity (Wildman–Crippen MR) is 103 cm³/mol. The number of benzene rings is 2. The monoisotopic (exact) mass is 384 g/mol. The molecule has 0 spiro atoms. The minimum atomic E-state index is -3.65. The van der Waals surface area contributed by atoms with Crippen molar-refractivity contribution in [2.45, 2.75) is 36.6 Å². The van der Waals surface area contributed by atoms with Gasteiger partial charge >= 0.3 is 0 Å². The molecule has 0 heterocycles. The van der Waals surface area contributed by atoms with E-state index in [0.29, 0.717) is 23.6 Å². The van der Waals surface area contributed by atoms with Crippen molar-refractivity contribution in [2.75, 3.05) is 13.7 Å². The van der Waals surface area contributed by atoms with Crippen molar-refractivity contribution in [1.82, 2.24) is 4.72 Å². The summed E-state index contributed by atoms with van der Waals surface area (Å²) in [7, 11) is -2.06. The molecule has 0 radical (unpaired) electrons. The van der Waals surface area contributed by atoms with E-state index in [1.54, 1.807) is 25.3 Å². The average molecular weight is 385 g/mol. The Labute approximate surface area is 155 Å². The number of fused-ring (bicyclic) bond motifs is 1. The van der Waals surface area contributed by atoms with Crippen LogP contribution in [0.2, 0.25) is 0 Å². The number of hydrogen-bond donors (Lipinski definition) is 2. The van der Waals surface area contributed by atoms with E-state index < -0.39 is 10.0 Å². The maximum absolute atomic E-state index is 13.0. The van der Waals surface area contributed by atoms with E-state index in [-0.39, 0.29) is 23.3 Å². The number of ether oxygens (including phenoxy) is 1. The third-order valence-corrected chi connectivity index (χ3v) is 6.43. The molecule has 2 aromatic rings. The molecule has 0 aromatic heterocycles. The van der Waals surface area contributed by atoms with E-state index in [4.69, 9.17) is 10.5 Å². The lowest BCUT2D eigenvalue weighted by molar-refractivity contribution is 0.405. The van der Waals surface area contributed by atoms with Gasteiger partial charge in [-0.3, -0.25) is 0 Å². The van der Waals surface area contributed by atoms with E-state index >= 15 is 0 Å². The van der Waals surface area contributed by atoms with Crippen molar-refractivity contribution in [2.24, 2.45) is 11.7 Å². The fourth-order valence-electron chi connectivity index (χ4n) is 3.62. The summed E-state index contributed by atoms with van der Waals surface area (Å²) in [5.74, 6) is 0.991. The molecule has 0 bridgehead atoms. The molecule has 0 saturated heterocycles. The van der Waals surface area contributed by atoms with Gasteiger partial charge in [-0.1, -0.05) is 37.1 Å². The molecule has 1 saturated carbocycles. The Bertz CT molecular complexity index is 820. The van der Waals surface area contributed by atoms with Gasteiger partial charge in [-0.2, -0.15) is 0 Å². The van der Waals surface area contributed by atoms with Gasteiger partial charge in [0.2, 0.25) is 10.0 Å². The van der Waals surface area contributed by atoms with Crippen LogP contribution >= 0.6 is 12.4 Å². The first-order valence-electron chi connectivity index (χ1n) is 8.35. The Morgan fingerprint density at radius 1 is 1.16 bits per heavy atom. The Balaban J connectivity index is 0.00000225. The lowest BCUT2D eigenvalue weighted by atomic mass is 9.99. The van der Waals surface area contributed by atoms with Crippen LogP contribution in [0.3, 0.4) is 0 Å². The van der Waals surface area contributed by atoms with Gasteiger partial charge in [0.15, 0.2) is 0 Å². The van der Waals surface area contributed by atoms with Crippen molar-refractivity contribution >= 4 is 33.2 Å². The zero-order valence-electron chi connectivity index (χ0n) is 14.3. The van der Waals surface area contributed by atoms with Gasteiger partial charge in [0.05, 0.1) is 12.0 Å². The highest BCUT2D eigenvalue weighted by molar-refractivity contribution is 7.89. The van der Waals surface area contributed by atoms with Crippen LogP contribution in [-0.2, 0) is 10.0 Å². The minimum Gasteiger partial charge on any atom is -0.496 e. The molecule has 5 nitrogen and oxygen atoms in total. The summed E-state index contributed by atoms with van der Waals surface area (Å²) >= 11 is 0. The van der Waals surface area contributed by atoms with Crippen LogP contribution in [0.25, 0.3) is 10.8 Å². The number of methoxy groups -OCH3 is 1. The van der Waals surface area contributed by atoms with Crippen LogP contribution in [0.1, 0.15) is 25.7 Å². The number of nitrogens with one attached hydrogen (secondary N) is 1. The molecule has 0 aliphatic heterocycles. The van der Waals surface area contributed by atoms with Crippen molar-refractivity contribution in [1.29, 1.82) is 0 Å². The maximum atomic E-state index is 13.0. The van der Waals surface area contributed by atoms with E-state index in [1.807, 2.05) is 18.2 Å². The Hall–Kier alpha value is -1.34. The number of rotatable bonds is 6. The maximum Gasteiger partial charge on any atom is 0.241 e. The van der Waals surface area contributed by atoms with E-state index in [0.717, 1.165) is 31.1 Å². The van der Waals surface area contributed by atoms with Crippen LogP contribution in [0.5, 0.6) is 5.75 Å². The number of halogens is 1. The van der Waals surface area contributed by atoms with Gasteiger partial charge in [0, 0.05) is 23.4 Å². The van der Waals surface area contributed by atoms with Gasteiger partial charge in [0.25, 0.3) is 0 Å². The second-order valence-corrected chi connectivity index (χ2v) is 8.00. The molecule has 1 fully saturated rings. The van der Waals surface area contributed by atoms with Crippen molar-refractivity contribution in [3.05, 3.63) is 36.4 Å². The first-order valence-corrected chi connectivity index (χ1v) is 9.83. The van der Waals surface area contributed by atoms with Crippen LogP contribution < -0.4 is 15.2 Å². The molecule has 25 heavy (non-hydrogen) atoms.